The summed E-state index contributed by atoms with van der Waals surface area (Å²) in [4.78, 5) is 4.05. The monoisotopic (exact) mass is 237 g/mol. The number of rotatable bonds is 4. The molecule has 0 spiro atoms. The molecule has 1 saturated carbocycles. The first kappa shape index (κ1) is 11.9. The second kappa shape index (κ2) is 4.35. The summed E-state index contributed by atoms with van der Waals surface area (Å²) in [5.41, 5.74) is 0.799. The molecular weight excluding hydrogens is 221 g/mol. The molecular formula is C13H16FNO2. The van der Waals surface area contributed by atoms with E-state index in [4.69, 9.17) is 9.47 Å². The van der Waals surface area contributed by atoms with Gasteiger partial charge in [-0.05, 0) is 30.5 Å². The van der Waals surface area contributed by atoms with Gasteiger partial charge in [0.05, 0.1) is 14.2 Å². The number of aliphatic imine (C=N–C) groups is 1. The maximum absolute atomic E-state index is 13.8. The minimum absolute atomic E-state index is 0.102. The topological polar surface area (TPSA) is 30.8 Å². The van der Waals surface area contributed by atoms with E-state index < -0.39 is 5.82 Å². The molecule has 3 nitrogen and oxygen atoms in total. The van der Waals surface area contributed by atoms with E-state index in [-0.39, 0.29) is 11.2 Å². The molecule has 0 aliphatic heterocycles. The summed E-state index contributed by atoms with van der Waals surface area (Å²) in [6, 6.07) is 3.34. The van der Waals surface area contributed by atoms with Crippen LogP contribution in [0.2, 0.25) is 0 Å². The highest BCUT2D eigenvalue weighted by Gasteiger charge is 2.43. The molecule has 0 radical (unpaired) electrons. The van der Waals surface area contributed by atoms with Crippen LogP contribution in [0.15, 0.2) is 17.1 Å². The molecule has 92 valence electrons. The molecule has 1 aliphatic carbocycles. The summed E-state index contributed by atoms with van der Waals surface area (Å²) in [6.45, 7) is 0. The standard InChI is InChI=1S/C13H16FNO2/c1-15-8-13(4-5-13)9-6-10(14)12(17-3)11(7-9)16-2/h6-8H,4-5H2,1-3H3/b15-8+. The Kier molecular flexibility index (Phi) is 3.05. The van der Waals surface area contributed by atoms with Crippen LogP contribution in [0.4, 0.5) is 4.39 Å². The first-order valence-corrected chi connectivity index (χ1v) is 5.52. The van der Waals surface area contributed by atoms with Gasteiger partial charge in [-0.3, -0.25) is 4.99 Å². The molecule has 1 aromatic carbocycles. The molecule has 0 bridgehead atoms. The summed E-state index contributed by atoms with van der Waals surface area (Å²) in [7, 11) is 4.67. The van der Waals surface area contributed by atoms with Crippen LogP contribution in [0.5, 0.6) is 11.5 Å². The molecule has 17 heavy (non-hydrogen) atoms. The van der Waals surface area contributed by atoms with Gasteiger partial charge in [-0.1, -0.05) is 0 Å². The van der Waals surface area contributed by atoms with Gasteiger partial charge in [-0.15, -0.1) is 0 Å². The zero-order valence-corrected chi connectivity index (χ0v) is 10.3. The second-order valence-corrected chi connectivity index (χ2v) is 4.24. The van der Waals surface area contributed by atoms with E-state index in [1.807, 2.05) is 12.3 Å². The lowest BCUT2D eigenvalue weighted by Crippen LogP contribution is -2.09. The number of methoxy groups -OCH3 is 2. The van der Waals surface area contributed by atoms with Crippen LogP contribution in [0.1, 0.15) is 18.4 Å². The van der Waals surface area contributed by atoms with E-state index in [9.17, 15) is 4.39 Å². The van der Waals surface area contributed by atoms with Crippen LogP contribution in [0.3, 0.4) is 0 Å². The van der Waals surface area contributed by atoms with Crippen molar-refractivity contribution in [3.63, 3.8) is 0 Å². The SMILES string of the molecule is C/N=C/C1(c2cc(F)c(OC)c(OC)c2)CC1. The fraction of sp³-hybridized carbons (Fsp3) is 0.462. The van der Waals surface area contributed by atoms with Crippen molar-refractivity contribution in [1.82, 2.24) is 0 Å². The average molecular weight is 237 g/mol. The Morgan fingerprint density at radius 3 is 2.47 bits per heavy atom. The molecule has 0 saturated heterocycles. The van der Waals surface area contributed by atoms with Crippen molar-refractivity contribution in [2.75, 3.05) is 21.3 Å². The number of ether oxygens (including phenoxy) is 2. The molecule has 0 amide bonds. The zero-order valence-electron chi connectivity index (χ0n) is 10.3. The largest absolute Gasteiger partial charge is 0.493 e. The Balaban J connectivity index is 2.47. The molecule has 0 N–H and O–H groups in total. The number of hydrogen-bond donors (Lipinski definition) is 0. The number of benzene rings is 1. The molecule has 4 heteroatoms. The van der Waals surface area contributed by atoms with Crippen molar-refractivity contribution in [2.45, 2.75) is 18.3 Å². The van der Waals surface area contributed by atoms with E-state index in [1.165, 1.54) is 20.3 Å². The average Bonchev–Trinajstić information content (AvgIpc) is 3.09. The number of hydrogen-bond acceptors (Lipinski definition) is 3. The smallest absolute Gasteiger partial charge is 0.196 e. The fourth-order valence-electron chi connectivity index (χ4n) is 2.08. The lowest BCUT2D eigenvalue weighted by molar-refractivity contribution is 0.336. The van der Waals surface area contributed by atoms with Crippen LogP contribution in [-0.2, 0) is 5.41 Å². The Morgan fingerprint density at radius 2 is 2.00 bits per heavy atom. The van der Waals surface area contributed by atoms with E-state index in [1.54, 1.807) is 7.05 Å². The molecule has 1 aromatic rings. The lowest BCUT2D eigenvalue weighted by atomic mass is 9.96. The van der Waals surface area contributed by atoms with Crippen molar-refractivity contribution in [3.05, 3.63) is 23.5 Å². The van der Waals surface area contributed by atoms with Gasteiger partial charge in [-0.25, -0.2) is 4.39 Å². The van der Waals surface area contributed by atoms with Crippen LogP contribution in [-0.4, -0.2) is 27.5 Å². The van der Waals surface area contributed by atoms with Crippen molar-refractivity contribution < 1.29 is 13.9 Å². The molecule has 2 rings (SSSR count). The minimum atomic E-state index is -0.391. The van der Waals surface area contributed by atoms with Gasteiger partial charge in [0.25, 0.3) is 0 Å². The van der Waals surface area contributed by atoms with Crippen LogP contribution >= 0.6 is 0 Å². The third kappa shape index (κ3) is 1.99. The van der Waals surface area contributed by atoms with Gasteiger partial charge in [0.1, 0.15) is 0 Å². The summed E-state index contributed by atoms with van der Waals surface area (Å²) in [5, 5.41) is 0. The van der Waals surface area contributed by atoms with E-state index in [0.29, 0.717) is 5.75 Å². The highest BCUT2D eigenvalue weighted by Crippen LogP contribution is 2.49. The van der Waals surface area contributed by atoms with Gasteiger partial charge < -0.3 is 9.47 Å². The molecule has 0 aromatic heterocycles. The van der Waals surface area contributed by atoms with Crippen molar-refractivity contribution >= 4 is 6.21 Å². The summed E-state index contributed by atoms with van der Waals surface area (Å²) in [6.07, 6.45) is 3.88. The Morgan fingerprint density at radius 1 is 1.29 bits per heavy atom. The van der Waals surface area contributed by atoms with Crippen molar-refractivity contribution in [3.8, 4) is 11.5 Å². The van der Waals surface area contributed by atoms with E-state index in [2.05, 4.69) is 4.99 Å². The quantitative estimate of drug-likeness (QED) is 0.753. The summed E-state index contributed by atoms with van der Waals surface area (Å²) < 4.78 is 24.0. The van der Waals surface area contributed by atoms with Gasteiger partial charge in [0, 0.05) is 18.7 Å². The zero-order chi connectivity index (χ0) is 12.5. The fourth-order valence-corrected chi connectivity index (χ4v) is 2.08. The summed E-state index contributed by atoms with van der Waals surface area (Å²) >= 11 is 0. The van der Waals surface area contributed by atoms with Crippen LogP contribution < -0.4 is 9.47 Å². The van der Waals surface area contributed by atoms with Gasteiger partial charge >= 0.3 is 0 Å². The Bertz CT molecular complexity index is 453. The molecule has 1 aliphatic rings. The summed E-state index contributed by atoms with van der Waals surface area (Å²) in [5.74, 6) is 0.191. The van der Waals surface area contributed by atoms with E-state index in [0.717, 1.165) is 18.4 Å². The minimum Gasteiger partial charge on any atom is -0.493 e. The van der Waals surface area contributed by atoms with Crippen LogP contribution in [0.25, 0.3) is 0 Å². The van der Waals surface area contributed by atoms with Crippen LogP contribution in [0, 0.1) is 5.82 Å². The van der Waals surface area contributed by atoms with E-state index >= 15 is 0 Å². The third-order valence-electron chi connectivity index (χ3n) is 3.17. The third-order valence-corrected chi connectivity index (χ3v) is 3.17. The number of halogens is 1. The second-order valence-electron chi connectivity index (χ2n) is 4.24. The van der Waals surface area contributed by atoms with Crippen molar-refractivity contribution in [2.24, 2.45) is 4.99 Å². The Hall–Kier alpha value is -1.58. The first-order valence-electron chi connectivity index (χ1n) is 5.52. The predicted octanol–water partition coefficient (Wildman–Crippen LogP) is 2.58. The van der Waals surface area contributed by atoms with Gasteiger partial charge in [0.2, 0.25) is 0 Å². The normalized spacial score (nSPS) is 17.2. The molecule has 0 atom stereocenters. The molecule has 0 unspecified atom stereocenters. The highest BCUT2D eigenvalue weighted by atomic mass is 19.1. The molecule has 0 heterocycles. The maximum Gasteiger partial charge on any atom is 0.196 e. The molecule has 1 fully saturated rings. The van der Waals surface area contributed by atoms with Gasteiger partial charge in [0.15, 0.2) is 17.3 Å². The first-order chi connectivity index (χ1) is 8.16. The number of nitrogens with zero attached hydrogens (tertiary/aromatic N) is 1. The van der Waals surface area contributed by atoms with Gasteiger partial charge in [-0.2, -0.15) is 0 Å². The maximum atomic E-state index is 13.8. The highest BCUT2D eigenvalue weighted by molar-refractivity contribution is 5.78. The predicted molar refractivity (Wildman–Crippen MR) is 64.8 cm³/mol. The Labute approximate surface area is 100 Å². The lowest BCUT2D eigenvalue weighted by Gasteiger charge is -2.14. The van der Waals surface area contributed by atoms with Crippen molar-refractivity contribution in [1.29, 1.82) is 0 Å².